The van der Waals surface area contributed by atoms with Crippen molar-refractivity contribution < 1.29 is 0 Å². The van der Waals surface area contributed by atoms with E-state index in [9.17, 15) is 0 Å². The summed E-state index contributed by atoms with van der Waals surface area (Å²) in [5.74, 6) is 0.986. The van der Waals surface area contributed by atoms with Gasteiger partial charge >= 0.3 is 0 Å². The van der Waals surface area contributed by atoms with E-state index in [0.717, 1.165) is 52.1 Å². The number of nitrogens with two attached hydrogens (primary N) is 2. The number of nitrogens with one attached hydrogen (secondary N) is 2. The second-order valence-corrected chi connectivity index (χ2v) is 7.57. The van der Waals surface area contributed by atoms with Gasteiger partial charge in [0.1, 0.15) is 5.84 Å². The van der Waals surface area contributed by atoms with Crippen molar-refractivity contribution in [1.82, 2.24) is 9.97 Å². The number of anilines is 1. The Morgan fingerprint density at radius 1 is 0.848 bits per heavy atom. The number of imidazole rings is 1. The molecule has 0 radical (unpaired) electrons. The number of halogens is 2. The van der Waals surface area contributed by atoms with Crippen LogP contribution in [-0.2, 0) is 6.42 Å². The van der Waals surface area contributed by atoms with Gasteiger partial charge in [0.25, 0.3) is 0 Å². The third-order valence-corrected chi connectivity index (χ3v) is 5.61. The molecule has 3 aromatic carbocycles. The van der Waals surface area contributed by atoms with E-state index >= 15 is 0 Å². The fourth-order valence-corrected chi connectivity index (χ4v) is 4.12. The van der Waals surface area contributed by atoms with Crippen molar-refractivity contribution in [3.63, 3.8) is 0 Å². The Bertz CT molecular complexity index is 1310. The maximum Gasteiger partial charge on any atom is 0.200 e. The molecule has 1 aliphatic carbocycles. The van der Waals surface area contributed by atoms with E-state index in [1.807, 2.05) is 36.4 Å². The van der Waals surface area contributed by atoms with Gasteiger partial charge in [0.2, 0.25) is 0 Å². The molecule has 0 atom stereocenters. The van der Waals surface area contributed by atoms with Crippen LogP contribution in [0, 0.1) is 5.41 Å². The second-order valence-electron chi connectivity index (χ2n) is 7.57. The lowest BCUT2D eigenvalue weighted by molar-refractivity contribution is 1.08. The van der Waals surface area contributed by atoms with Crippen molar-refractivity contribution in [2.75, 3.05) is 5.73 Å². The van der Waals surface area contributed by atoms with Crippen LogP contribution in [0.15, 0.2) is 77.8 Å². The SMILES string of the molecule is Cl.Cl.N=C(N)c1cccc2c1CCC2=Nc1nc(N)[nH]c1-c1ccc(-c2ccccc2)cc1. The van der Waals surface area contributed by atoms with Crippen molar-refractivity contribution in [2.45, 2.75) is 12.8 Å². The average molecular weight is 479 g/mol. The van der Waals surface area contributed by atoms with Gasteiger partial charge in [-0.15, -0.1) is 24.8 Å². The van der Waals surface area contributed by atoms with E-state index in [4.69, 9.17) is 21.9 Å². The Kier molecular flexibility index (Phi) is 7.21. The minimum atomic E-state index is 0. The summed E-state index contributed by atoms with van der Waals surface area (Å²) < 4.78 is 0. The number of benzene rings is 3. The number of rotatable bonds is 4. The zero-order valence-electron chi connectivity index (χ0n) is 17.7. The highest BCUT2D eigenvalue weighted by Crippen LogP contribution is 2.33. The average Bonchev–Trinajstić information content (AvgIpc) is 3.37. The van der Waals surface area contributed by atoms with Crippen molar-refractivity contribution >= 4 is 48.1 Å². The fourth-order valence-electron chi connectivity index (χ4n) is 4.12. The maximum atomic E-state index is 7.82. The van der Waals surface area contributed by atoms with Crippen LogP contribution in [0.2, 0.25) is 0 Å². The molecule has 0 fully saturated rings. The first-order chi connectivity index (χ1) is 15.1. The molecule has 6 nitrogen and oxygen atoms in total. The van der Waals surface area contributed by atoms with Gasteiger partial charge in [-0.1, -0.05) is 72.8 Å². The standard InChI is InChI=1S/C25H22N6.2ClH/c26-23(27)20-8-4-7-19-18(20)13-14-21(19)29-24-22(30-25(28)31-24)17-11-9-16(10-12-17)15-5-2-1-3-6-15;;/h1-12H,13-14H2,(H3,26,27)(H3,28,30,31);2*1H. The van der Waals surface area contributed by atoms with Crippen LogP contribution < -0.4 is 11.5 Å². The minimum Gasteiger partial charge on any atom is -0.384 e. The van der Waals surface area contributed by atoms with Crippen molar-refractivity contribution in [3.8, 4) is 22.4 Å². The highest BCUT2D eigenvalue weighted by atomic mass is 35.5. The summed E-state index contributed by atoms with van der Waals surface area (Å²) in [7, 11) is 0. The summed E-state index contributed by atoms with van der Waals surface area (Å²) in [5, 5.41) is 7.82. The molecule has 33 heavy (non-hydrogen) atoms. The Balaban J connectivity index is 0.00000153. The minimum absolute atomic E-state index is 0. The Morgan fingerprint density at radius 2 is 1.52 bits per heavy atom. The summed E-state index contributed by atoms with van der Waals surface area (Å²) in [6.07, 6.45) is 1.59. The topological polar surface area (TPSA) is 117 Å². The third-order valence-electron chi connectivity index (χ3n) is 5.61. The van der Waals surface area contributed by atoms with E-state index < -0.39 is 0 Å². The monoisotopic (exact) mass is 478 g/mol. The molecule has 1 aliphatic rings. The highest BCUT2D eigenvalue weighted by molar-refractivity contribution is 6.09. The van der Waals surface area contributed by atoms with Crippen LogP contribution in [0.1, 0.15) is 23.1 Å². The Morgan fingerprint density at radius 3 is 2.21 bits per heavy atom. The number of hydrogen-bond acceptors (Lipinski definition) is 4. The number of nitrogens with zero attached hydrogens (tertiary/aromatic N) is 2. The summed E-state index contributed by atoms with van der Waals surface area (Å²) in [6.45, 7) is 0. The predicted molar refractivity (Wildman–Crippen MR) is 140 cm³/mol. The molecule has 168 valence electrons. The smallest absolute Gasteiger partial charge is 0.200 e. The number of aromatic nitrogens is 2. The first-order valence-electron chi connectivity index (χ1n) is 10.2. The van der Waals surface area contributed by atoms with E-state index in [-0.39, 0.29) is 30.6 Å². The molecule has 0 bridgehead atoms. The lowest BCUT2D eigenvalue weighted by atomic mass is 10.0. The molecule has 6 N–H and O–H groups in total. The lowest BCUT2D eigenvalue weighted by Gasteiger charge is -2.06. The summed E-state index contributed by atoms with van der Waals surface area (Å²) >= 11 is 0. The van der Waals surface area contributed by atoms with Gasteiger partial charge in [-0.25, -0.2) is 4.99 Å². The van der Waals surface area contributed by atoms with Crippen LogP contribution in [0.4, 0.5) is 11.8 Å². The summed E-state index contributed by atoms with van der Waals surface area (Å²) in [6, 6.07) is 24.4. The lowest BCUT2D eigenvalue weighted by Crippen LogP contribution is -2.13. The molecule has 8 heteroatoms. The van der Waals surface area contributed by atoms with Crippen LogP contribution in [0.5, 0.6) is 0 Å². The van der Waals surface area contributed by atoms with Gasteiger partial charge in [0.05, 0.1) is 11.4 Å². The zero-order chi connectivity index (χ0) is 21.4. The van der Waals surface area contributed by atoms with E-state index in [1.54, 1.807) is 0 Å². The van der Waals surface area contributed by atoms with Crippen LogP contribution >= 0.6 is 24.8 Å². The van der Waals surface area contributed by atoms with Gasteiger partial charge in [0, 0.05) is 11.1 Å². The highest BCUT2D eigenvalue weighted by Gasteiger charge is 2.22. The molecule has 1 aromatic heterocycles. The van der Waals surface area contributed by atoms with E-state index in [1.165, 1.54) is 5.56 Å². The third kappa shape index (κ3) is 4.62. The molecule has 5 rings (SSSR count). The van der Waals surface area contributed by atoms with Gasteiger partial charge < -0.3 is 16.5 Å². The molecule has 0 saturated carbocycles. The number of amidine groups is 1. The molecule has 0 amide bonds. The van der Waals surface area contributed by atoms with Crippen LogP contribution in [0.25, 0.3) is 22.4 Å². The Hall–Kier alpha value is -3.61. The number of H-pyrrole nitrogens is 1. The number of hydrogen-bond donors (Lipinski definition) is 4. The van der Waals surface area contributed by atoms with Gasteiger partial charge in [0.15, 0.2) is 11.8 Å². The number of aliphatic imine (C=N–C) groups is 1. The molecule has 4 aromatic rings. The first kappa shape index (κ1) is 24.0. The normalized spacial score (nSPS) is 13.2. The van der Waals surface area contributed by atoms with Crippen LogP contribution in [0.3, 0.4) is 0 Å². The molecule has 1 heterocycles. The predicted octanol–water partition coefficient (Wildman–Crippen LogP) is 5.52. The maximum absolute atomic E-state index is 7.82. The molecular formula is C25H24Cl2N6. The molecular weight excluding hydrogens is 455 g/mol. The quantitative estimate of drug-likeness (QED) is 0.228. The fraction of sp³-hybridized carbons (Fsp3) is 0.0800. The van der Waals surface area contributed by atoms with E-state index in [2.05, 4.69) is 46.4 Å². The van der Waals surface area contributed by atoms with Gasteiger partial charge in [-0.05, 0) is 35.1 Å². The summed E-state index contributed by atoms with van der Waals surface area (Å²) in [4.78, 5) is 12.4. The zero-order valence-corrected chi connectivity index (χ0v) is 19.3. The first-order valence-corrected chi connectivity index (χ1v) is 10.2. The van der Waals surface area contributed by atoms with Crippen molar-refractivity contribution in [3.05, 3.63) is 89.5 Å². The second kappa shape index (κ2) is 9.90. The Labute approximate surface area is 204 Å². The molecule has 0 unspecified atom stereocenters. The summed E-state index contributed by atoms with van der Waals surface area (Å²) in [5.41, 5.74) is 19.6. The molecule has 0 aliphatic heterocycles. The van der Waals surface area contributed by atoms with Crippen molar-refractivity contribution in [1.29, 1.82) is 5.41 Å². The largest absolute Gasteiger partial charge is 0.384 e. The number of nitrogen functional groups attached to an aromatic ring is 2. The van der Waals surface area contributed by atoms with Crippen molar-refractivity contribution in [2.24, 2.45) is 10.7 Å². The molecule has 0 saturated heterocycles. The number of aromatic amines is 1. The van der Waals surface area contributed by atoms with Gasteiger partial charge in [-0.3, -0.25) is 5.41 Å². The van der Waals surface area contributed by atoms with Crippen LogP contribution in [-0.4, -0.2) is 21.5 Å². The molecule has 0 spiro atoms. The number of fused-ring (bicyclic) bond motifs is 1. The van der Waals surface area contributed by atoms with E-state index in [0.29, 0.717) is 11.8 Å². The van der Waals surface area contributed by atoms with Gasteiger partial charge in [-0.2, -0.15) is 4.98 Å².